The maximum absolute atomic E-state index is 13.6. The quantitative estimate of drug-likeness (QED) is 0.780. The van der Waals surface area contributed by atoms with E-state index in [0.29, 0.717) is 13.0 Å². The Morgan fingerprint density at radius 2 is 2.10 bits per heavy atom. The van der Waals surface area contributed by atoms with Gasteiger partial charge in [0.15, 0.2) is 9.84 Å². The molecule has 0 bridgehead atoms. The molecule has 5 nitrogen and oxygen atoms in total. The van der Waals surface area contributed by atoms with Crippen molar-refractivity contribution in [3.05, 3.63) is 24.0 Å². The van der Waals surface area contributed by atoms with E-state index in [0.717, 1.165) is 24.5 Å². The molecule has 0 radical (unpaired) electrons. The van der Waals surface area contributed by atoms with Gasteiger partial charge in [0, 0.05) is 12.7 Å². The number of benzene rings is 1. The lowest BCUT2D eigenvalue weighted by molar-refractivity contribution is -0.116. The van der Waals surface area contributed by atoms with Gasteiger partial charge in [-0.1, -0.05) is 6.92 Å². The second-order valence-electron chi connectivity index (χ2n) is 4.84. The van der Waals surface area contributed by atoms with E-state index in [2.05, 4.69) is 5.32 Å². The second kappa shape index (κ2) is 6.81. The lowest BCUT2D eigenvalue weighted by Crippen LogP contribution is -2.17. The van der Waals surface area contributed by atoms with Crippen LogP contribution < -0.4 is 11.1 Å². The van der Waals surface area contributed by atoms with E-state index in [9.17, 15) is 17.6 Å². The number of carbonyl (C=O) groups is 1. The van der Waals surface area contributed by atoms with Crippen molar-refractivity contribution in [3.8, 4) is 0 Å². The average Bonchev–Trinajstić information content (AvgIpc) is 2.37. The standard InChI is InChI=1S/C13H19FN2O3S/c1-9(8-15)3-6-13(17)16-12-7-10(20(2,18)19)4-5-11(12)14/h4-5,7,9H,3,6,8,15H2,1-2H3,(H,16,17). The first kappa shape index (κ1) is 16.6. The number of carbonyl (C=O) groups excluding carboxylic acids is 1. The van der Waals surface area contributed by atoms with Gasteiger partial charge < -0.3 is 11.1 Å². The van der Waals surface area contributed by atoms with Crippen molar-refractivity contribution in [2.24, 2.45) is 11.7 Å². The molecule has 0 saturated carbocycles. The molecule has 0 heterocycles. The van der Waals surface area contributed by atoms with Gasteiger partial charge in [-0.25, -0.2) is 12.8 Å². The fourth-order valence-electron chi connectivity index (χ4n) is 1.54. The zero-order valence-electron chi connectivity index (χ0n) is 11.5. The van der Waals surface area contributed by atoms with Crippen molar-refractivity contribution in [3.63, 3.8) is 0 Å². The van der Waals surface area contributed by atoms with Crippen LogP contribution in [0.3, 0.4) is 0 Å². The summed E-state index contributed by atoms with van der Waals surface area (Å²) in [6.07, 6.45) is 1.82. The van der Waals surface area contributed by atoms with Gasteiger partial charge in [0.1, 0.15) is 5.82 Å². The van der Waals surface area contributed by atoms with Crippen molar-refractivity contribution in [2.45, 2.75) is 24.7 Å². The molecule has 1 atom stereocenters. The van der Waals surface area contributed by atoms with Gasteiger partial charge >= 0.3 is 0 Å². The van der Waals surface area contributed by atoms with Crippen LogP contribution in [0, 0.1) is 11.7 Å². The molecule has 1 unspecified atom stereocenters. The van der Waals surface area contributed by atoms with E-state index < -0.39 is 15.7 Å². The summed E-state index contributed by atoms with van der Waals surface area (Å²) in [4.78, 5) is 11.6. The molecular formula is C13H19FN2O3S. The number of hydrogen-bond donors (Lipinski definition) is 2. The molecule has 0 saturated heterocycles. The molecule has 0 fully saturated rings. The Labute approximate surface area is 118 Å². The van der Waals surface area contributed by atoms with Crippen LogP contribution in [0.2, 0.25) is 0 Å². The van der Waals surface area contributed by atoms with E-state index in [4.69, 9.17) is 5.73 Å². The molecule has 112 valence electrons. The highest BCUT2D eigenvalue weighted by Crippen LogP contribution is 2.20. The molecular weight excluding hydrogens is 283 g/mol. The Morgan fingerprint density at radius 1 is 1.45 bits per heavy atom. The van der Waals surface area contributed by atoms with Crippen molar-refractivity contribution in [1.29, 1.82) is 0 Å². The van der Waals surface area contributed by atoms with Gasteiger partial charge in [0.2, 0.25) is 5.91 Å². The summed E-state index contributed by atoms with van der Waals surface area (Å²) < 4.78 is 36.3. The third-order valence-corrected chi connectivity index (χ3v) is 4.02. The molecule has 1 amide bonds. The molecule has 0 aliphatic carbocycles. The first-order valence-corrected chi connectivity index (χ1v) is 8.12. The molecule has 0 aromatic heterocycles. The predicted octanol–water partition coefficient (Wildman–Crippen LogP) is 1.54. The SMILES string of the molecule is CC(CN)CCC(=O)Nc1cc(S(C)(=O)=O)ccc1F. The molecule has 1 rings (SSSR count). The minimum atomic E-state index is -3.44. The van der Waals surface area contributed by atoms with E-state index in [-0.39, 0.29) is 28.8 Å². The van der Waals surface area contributed by atoms with E-state index in [1.54, 1.807) is 0 Å². The van der Waals surface area contributed by atoms with Gasteiger partial charge in [-0.15, -0.1) is 0 Å². The van der Waals surface area contributed by atoms with Crippen LogP contribution in [-0.4, -0.2) is 27.1 Å². The number of hydrogen-bond acceptors (Lipinski definition) is 4. The van der Waals surface area contributed by atoms with E-state index in [1.165, 1.54) is 0 Å². The van der Waals surface area contributed by atoms with Gasteiger partial charge in [-0.2, -0.15) is 0 Å². The number of amides is 1. The molecule has 1 aromatic rings. The van der Waals surface area contributed by atoms with Crippen LogP contribution in [-0.2, 0) is 14.6 Å². The normalized spacial score (nSPS) is 13.0. The number of halogens is 1. The van der Waals surface area contributed by atoms with Crippen molar-refractivity contribution >= 4 is 21.4 Å². The number of nitrogens with two attached hydrogens (primary N) is 1. The fourth-order valence-corrected chi connectivity index (χ4v) is 2.19. The van der Waals surface area contributed by atoms with Crippen LogP contribution in [0.1, 0.15) is 19.8 Å². The number of nitrogens with one attached hydrogen (secondary N) is 1. The number of anilines is 1. The predicted molar refractivity (Wildman–Crippen MR) is 75.6 cm³/mol. The molecule has 3 N–H and O–H groups in total. The summed E-state index contributed by atoms with van der Waals surface area (Å²) >= 11 is 0. The maximum atomic E-state index is 13.6. The van der Waals surface area contributed by atoms with Crippen LogP contribution in [0.4, 0.5) is 10.1 Å². The topological polar surface area (TPSA) is 89.3 Å². The Kier molecular flexibility index (Phi) is 5.64. The van der Waals surface area contributed by atoms with Crippen molar-refractivity contribution in [1.82, 2.24) is 0 Å². The summed E-state index contributed by atoms with van der Waals surface area (Å²) in [7, 11) is -3.44. The van der Waals surface area contributed by atoms with Crippen molar-refractivity contribution < 1.29 is 17.6 Å². The van der Waals surface area contributed by atoms with Crippen LogP contribution in [0.15, 0.2) is 23.1 Å². The average molecular weight is 302 g/mol. The maximum Gasteiger partial charge on any atom is 0.224 e. The largest absolute Gasteiger partial charge is 0.330 e. The molecule has 1 aromatic carbocycles. The lowest BCUT2D eigenvalue weighted by Gasteiger charge is -2.10. The minimum absolute atomic E-state index is 0.0375. The molecule has 0 spiro atoms. The lowest BCUT2D eigenvalue weighted by atomic mass is 10.1. The molecule has 0 aliphatic heterocycles. The smallest absolute Gasteiger partial charge is 0.224 e. The number of rotatable bonds is 6. The van der Waals surface area contributed by atoms with E-state index in [1.807, 2.05) is 6.92 Å². The monoisotopic (exact) mass is 302 g/mol. The van der Waals surface area contributed by atoms with E-state index >= 15 is 0 Å². The molecule has 0 aliphatic rings. The Hall–Kier alpha value is -1.47. The summed E-state index contributed by atoms with van der Waals surface area (Å²) in [5.41, 5.74) is 5.32. The highest BCUT2D eigenvalue weighted by atomic mass is 32.2. The number of sulfone groups is 1. The van der Waals surface area contributed by atoms with Gasteiger partial charge in [0.05, 0.1) is 10.6 Å². The zero-order valence-corrected chi connectivity index (χ0v) is 12.3. The fraction of sp³-hybridized carbons (Fsp3) is 0.462. The summed E-state index contributed by atoms with van der Waals surface area (Å²) in [6.45, 7) is 2.39. The summed E-state index contributed by atoms with van der Waals surface area (Å²) in [6, 6.07) is 3.31. The van der Waals surface area contributed by atoms with Crippen molar-refractivity contribution in [2.75, 3.05) is 18.1 Å². The third-order valence-electron chi connectivity index (χ3n) is 2.91. The Morgan fingerprint density at radius 3 is 2.65 bits per heavy atom. The highest BCUT2D eigenvalue weighted by molar-refractivity contribution is 7.90. The van der Waals surface area contributed by atoms with Crippen LogP contribution >= 0.6 is 0 Å². The zero-order chi connectivity index (χ0) is 15.3. The second-order valence-corrected chi connectivity index (χ2v) is 6.86. The molecule has 20 heavy (non-hydrogen) atoms. The minimum Gasteiger partial charge on any atom is -0.330 e. The van der Waals surface area contributed by atoms with Gasteiger partial charge in [-0.3, -0.25) is 4.79 Å². The van der Waals surface area contributed by atoms with Gasteiger partial charge in [0.25, 0.3) is 0 Å². The Balaban J connectivity index is 2.79. The molecule has 7 heteroatoms. The summed E-state index contributed by atoms with van der Waals surface area (Å²) in [5.74, 6) is -0.833. The van der Waals surface area contributed by atoms with Crippen LogP contribution in [0.5, 0.6) is 0 Å². The summed E-state index contributed by atoms with van der Waals surface area (Å²) in [5, 5.41) is 2.38. The third kappa shape index (κ3) is 4.90. The highest BCUT2D eigenvalue weighted by Gasteiger charge is 2.13. The first-order valence-electron chi connectivity index (χ1n) is 6.23. The Bertz CT molecular complexity index is 587. The van der Waals surface area contributed by atoms with Gasteiger partial charge in [-0.05, 0) is 37.1 Å². The first-order chi connectivity index (χ1) is 9.24. The van der Waals surface area contributed by atoms with Crippen LogP contribution in [0.25, 0.3) is 0 Å².